The molecule has 18 heavy (non-hydrogen) atoms. The predicted octanol–water partition coefficient (Wildman–Crippen LogP) is 0.342. The summed E-state index contributed by atoms with van der Waals surface area (Å²) in [4.78, 5) is 11.6. The van der Waals surface area contributed by atoms with Gasteiger partial charge >= 0.3 is 0 Å². The molecule has 1 aromatic carbocycles. The molecule has 0 aliphatic carbocycles. The quantitative estimate of drug-likeness (QED) is 0.809. The first-order valence-corrected chi connectivity index (χ1v) is 7.57. The van der Waals surface area contributed by atoms with Crippen LogP contribution >= 0.6 is 0 Å². The Labute approximate surface area is 107 Å². The third kappa shape index (κ3) is 5.29. The second kappa shape index (κ2) is 5.97. The molecule has 0 saturated carbocycles. The van der Waals surface area contributed by atoms with Gasteiger partial charge in [0.25, 0.3) is 5.91 Å². The van der Waals surface area contributed by atoms with Crippen LogP contribution in [0.15, 0.2) is 24.3 Å². The fourth-order valence-corrected chi connectivity index (χ4v) is 2.20. The summed E-state index contributed by atoms with van der Waals surface area (Å²) in [6, 6.07) is 6.35. The molecule has 0 bridgehead atoms. The van der Waals surface area contributed by atoms with Crippen molar-refractivity contribution in [3.8, 4) is 0 Å². The molecule has 1 rings (SSSR count). The lowest BCUT2D eigenvalue weighted by Gasteiger charge is -2.07. The van der Waals surface area contributed by atoms with Crippen LogP contribution in [0.25, 0.3) is 0 Å². The number of aliphatic hydroxyl groups excluding tert-OH is 1. The van der Waals surface area contributed by atoms with Crippen LogP contribution in [0.3, 0.4) is 0 Å². The minimum absolute atomic E-state index is 0.0391. The fourth-order valence-electron chi connectivity index (χ4n) is 1.40. The zero-order valence-corrected chi connectivity index (χ0v) is 11.2. The molecule has 0 saturated heterocycles. The second-order valence-corrected chi connectivity index (χ2v) is 6.47. The van der Waals surface area contributed by atoms with E-state index >= 15 is 0 Å². The first-order chi connectivity index (χ1) is 8.28. The van der Waals surface area contributed by atoms with Gasteiger partial charge in [-0.2, -0.15) is 0 Å². The van der Waals surface area contributed by atoms with Crippen LogP contribution in [-0.2, 0) is 15.6 Å². The number of hydrogen-bond donors (Lipinski definition) is 2. The number of rotatable bonds is 5. The van der Waals surface area contributed by atoms with Crippen molar-refractivity contribution in [2.24, 2.45) is 0 Å². The number of nitrogens with one attached hydrogen (secondary N) is 1. The number of hydrogen-bond acceptors (Lipinski definition) is 4. The Balaban J connectivity index is 2.68. The second-order valence-electron chi connectivity index (χ2n) is 4.33. The standard InChI is InChI=1S/C12H17NO4S/c1-9(14)7-13-12(15)11-5-3-10(4-6-11)8-18(2,16)17/h3-6,9,14H,7-8H2,1-2H3,(H,13,15). The van der Waals surface area contributed by atoms with Crippen molar-refractivity contribution in [3.63, 3.8) is 0 Å². The number of carbonyl (C=O) groups excluding carboxylic acids is 1. The maximum Gasteiger partial charge on any atom is 0.251 e. The number of carbonyl (C=O) groups is 1. The Bertz CT molecular complexity index is 505. The van der Waals surface area contributed by atoms with E-state index in [2.05, 4.69) is 5.32 Å². The van der Waals surface area contributed by atoms with Gasteiger partial charge in [0.05, 0.1) is 11.9 Å². The van der Waals surface area contributed by atoms with E-state index in [9.17, 15) is 13.2 Å². The zero-order valence-electron chi connectivity index (χ0n) is 10.4. The number of benzene rings is 1. The smallest absolute Gasteiger partial charge is 0.251 e. The van der Waals surface area contributed by atoms with E-state index in [4.69, 9.17) is 5.11 Å². The van der Waals surface area contributed by atoms with E-state index in [1.807, 2.05) is 0 Å². The van der Waals surface area contributed by atoms with E-state index in [-0.39, 0.29) is 18.2 Å². The third-order valence-electron chi connectivity index (χ3n) is 2.20. The van der Waals surface area contributed by atoms with Crippen molar-refractivity contribution in [3.05, 3.63) is 35.4 Å². The molecular formula is C12H17NO4S. The molecule has 5 nitrogen and oxygen atoms in total. The Morgan fingerprint density at radius 2 is 1.89 bits per heavy atom. The maximum atomic E-state index is 11.6. The summed E-state index contributed by atoms with van der Waals surface area (Å²) >= 11 is 0. The van der Waals surface area contributed by atoms with Gasteiger partial charge in [-0.15, -0.1) is 0 Å². The fraction of sp³-hybridized carbons (Fsp3) is 0.417. The lowest BCUT2D eigenvalue weighted by Crippen LogP contribution is -2.30. The Morgan fingerprint density at radius 1 is 1.33 bits per heavy atom. The van der Waals surface area contributed by atoms with Crippen LogP contribution in [0, 0.1) is 0 Å². The molecule has 0 fully saturated rings. The van der Waals surface area contributed by atoms with Crippen LogP contribution in [0.2, 0.25) is 0 Å². The van der Waals surface area contributed by atoms with E-state index in [0.29, 0.717) is 11.1 Å². The van der Waals surface area contributed by atoms with Crippen LogP contribution < -0.4 is 5.32 Å². The SMILES string of the molecule is CC(O)CNC(=O)c1ccc(CS(C)(=O)=O)cc1. The number of aliphatic hydroxyl groups is 1. The number of amides is 1. The average molecular weight is 271 g/mol. The average Bonchev–Trinajstić information content (AvgIpc) is 2.24. The molecule has 1 atom stereocenters. The largest absolute Gasteiger partial charge is 0.392 e. The van der Waals surface area contributed by atoms with E-state index in [0.717, 1.165) is 6.26 Å². The lowest BCUT2D eigenvalue weighted by molar-refractivity contribution is 0.0924. The Hall–Kier alpha value is -1.40. The third-order valence-corrected chi connectivity index (χ3v) is 3.06. The predicted molar refractivity (Wildman–Crippen MR) is 69.0 cm³/mol. The highest BCUT2D eigenvalue weighted by molar-refractivity contribution is 7.89. The van der Waals surface area contributed by atoms with Crippen LogP contribution in [0.1, 0.15) is 22.8 Å². The molecular weight excluding hydrogens is 254 g/mol. The topological polar surface area (TPSA) is 83.5 Å². The number of sulfone groups is 1. The first-order valence-electron chi connectivity index (χ1n) is 5.51. The van der Waals surface area contributed by atoms with Gasteiger partial charge in [0.1, 0.15) is 0 Å². The molecule has 1 amide bonds. The van der Waals surface area contributed by atoms with E-state index in [1.54, 1.807) is 31.2 Å². The van der Waals surface area contributed by atoms with Crippen molar-refractivity contribution in [2.75, 3.05) is 12.8 Å². The minimum atomic E-state index is -3.07. The highest BCUT2D eigenvalue weighted by Crippen LogP contribution is 2.07. The summed E-state index contributed by atoms with van der Waals surface area (Å²) in [5.74, 6) is -0.329. The van der Waals surface area contributed by atoms with Gasteiger partial charge in [-0.05, 0) is 24.6 Å². The molecule has 0 aliphatic heterocycles. The zero-order chi connectivity index (χ0) is 13.8. The van der Waals surface area contributed by atoms with Gasteiger partial charge in [0.15, 0.2) is 9.84 Å². The van der Waals surface area contributed by atoms with Gasteiger partial charge in [0, 0.05) is 18.4 Å². The maximum absolute atomic E-state index is 11.6. The van der Waals surface area contributed by atoms with Gasteiger partial charge < -0.3 is 10.4 Å². The van der Waals surface area contributed by atoms with Crippen molar-refractivity contribution >= 4 is 15.7 Å². The molecule has 0 heterocycles. The molecule has 0 radical (unpaired) electrons. The summed E-state index contributed by atoms with van der Waals surface area (Å²) < 4.78 is 22.2. The monoisotopic (exact) mass is 271 g/mol. The first kappa shape index (κ1) is 14.7. The van der Waals surface area contributed by atoms with Crippen LogP contribution in [0.4, 0.5) is 0 Å². The van der Waals surface area contributed by atoms with Crippen LogP contribution in [-0.4, -0.2) is 38.3 Å². The summed E-state index contributed by atoms with van der Waals surface area (Å²) in [5.41, 5.74) is 1.08. The summed E-state index contributed by atoms with van der Waals surface area (Å²) in [5, 5.41) is 11.6. The highest BCUT2D eigenvalue weighted by atomic mass is 32.2. The van der Waals surface area contributed by atoms with Gasteiger partial charge in [-0.25, -0.2) is 8.42 Å². The normalized spacial score (nSPS) is 13.1. The summed E-state index contributed by atoms with van der Waals surface area (Å²) in [7, 11) is -3.07. The van der Waals surface area contributed by atoms with E-state index in [1.165, 1.54) is 0 Å². The Morgan fingerprint density at radius 3 is 2.33 bits per heavy atom. The molecule has 0 spiro atoms. The molecule has 0 aliphatic rings. The summed E-state index contributed by atoms with van der Waals surface area (Å²) in [6.45, 7) is 1.76. The van der Waals surface area contributed by atoms with Crippen molar-refractivity contribution < 1.29 is 18.3 Å². The van der Waals surface area contributed by atoms with Crippen molar-refractivity contribution in [1.29, 1.82) is 0 Å². The summed E-state index contributed by atoms with van der Waals surface area (Å²) in [6.07, 6.45) is 0.564. The van der Waals surface area contributed by atoms with Crippen LogP contribution in [0.5, 0.6) is 0 Å². The van der Waals surface area contributed by atoms with Gasteiger partial charge in [0.2, 0.25) is 0 Å². The molecule has 2 N–H and O–H groups in total. The molecule has 1 aromatic rings. The minimum Gasteiger partial charge on any atom is -0.392 e. The van der Waals surface area contributed by atoms with E-state index < -0.39 is 15.9 Å². The van der Waals surface area contributed by atoms with Crippen molar-refractivity contribution in [1.82, 2.24) is 5.32 Å². The lowest BCUT2D eigenvalue weighted by atomic mass is 10.1. The highest BCUT2D eigenvalue weighted by Gasteiger charge is 2.08. The van der Waals surface area contributed by atoms with Gasteiger partial charge in [-0.1, -0.05) is 12.1 Å². The Kier molecular flexibility index (Phi) is 4.86. The molecule has 0 aromatic heterocycles. The molecule has 100 valence electrons. The molecule has 6 heteroatoms. The van der Waals surface area contributed by atoms with Crippen molar-refractivity contribution in [2.45, 2.75) is 18.8 Å². The molecule has 1 unspecified atom stereocenters. The van der Waals surface area contributed by atoms with Gasteiger partial charge in [-0.3, -0.25) is 4.79 Å².